The summed E-state index contributed by atoms with van der Waals surface area (Å²) in [5, 5.41) is 3.59. The first kappa shape index (κ1) is 15.4. The van der Waals surface area contributed by atoms with E-state index in [0.717, 1.165) is 18.5 Å². The summed E-state index contributed by atoms with van der Waals surface area (Å²) < 4.78 is 18.0. The molecule has 0 aromatic heterocycles. The number of rotatable bonds is 7. The summed E-state index contributed by atoms with van der Waals surface area (Å²) >= 11 is 5.77. The SMILES string of the molecule is COCCNC(C)C(C)Cc1ccc(F)c(Cl)c1. The van der Waals surface area contributed by atoms with Gasteiger partial charge in [0.1, 0.15) is 5.82 Å². The molecule has 1 aromatic carbocycles. The van der Waals surface area contributed by atoms with Crippen LogP contribution in [-0.2, 0) is 11.2 Å². The Morgan fingerprint density at radius 2 is 2.11 bits per heavy atom. The molecule has 2 nitrogen and oxygen atoms in total. The Bertz CT molecular complexity index is 373. The molecule has 2 atom stereocenters. The van der Waals surface area contributed by atoms with E-state index in [1.165, 1.54) is 6.07 Å². The molecule has 0 bridgehead atoms. The van der Waals surface area contributed by atoms with Gasteiger partial charge in [0, 0.05) is 19.7 Å². The predicted octanol–water partition coefficient (Wildman–Crippen LogP) is 3.28. The Balaban J connectivity index is 2.47. The molecule has 2 unspecified atom stereocenters. The van der Waals surface area contributed by atoms with Crippen molar-refractivity contribution in [2.45, 2.75) is 26.3 Å². The van der Waals surface area contributed by atoms with Crippen LogP contribution in [0.3, 0.4) is 0 Å². The smallest absolute Gasteiger partial charge is 0.141 e. The van der Waals surface area contributed by atoms with Gasteiger partial charge in [-0.25, -0.2) is 4.39 Å². The summed E-state index contributed by atoms with van der Waals surface area (Å²) in [6, 6.07) is 5.30. The minimum Gasteiger partial charge on any atom is -0.383 e. The Morgan fingerprint density at radius 3 is 2.72 bits per heavy atom. The van der Waals surface area contributed by atoms with Crippen LogP contribution in [0.15, 0.2) is 18.2 Å². The van der Waals surface area contributed by atoms with Gasteiger partial charge in [-0.2, -0.15) is 0 Å². The lowest BCUT2D eigenvalue weighted by Crippen LogP contribution is -2.35. The third-order valence-electron chi connectivity index (χ3n) is 3.17. The molecule has 0 heterocycles. The molecule has 0 aliphatic rings. The van der Waals surface area contributed by atoms with Crippen LogP contribution in [0.1, 0.15) is 19.4 Å². The monoisotopic (exact) mass is 273 g/mol. The van der Waals surface area contributed by atoms with Crippen molar-refractivity contribution in [3.05, 3.63) is 34.6 Å². The molecule has 0 aliphatic carbocycles. The zero-order valence-electron chi connectivity index (χ0n) is 11.2. The van der Waals surface area contributed by atoms with Crippen LogP contribution < -0.4 is 5.32 Å². The van der Waals surface area contributed by atoms with Crippen molar-refractivity contribution in [2.24, 2.45) is 5.92 Å². The molecule has 4 heteroatoms. The molecule has 1 rings (SSSR count). The molecule has 0 radical (unpaired) electrons. The van der Waals surface area contributed by atoms with Gasteiger partial charge in [-0.15, -0.1) is 0 Å². The first-order chi connectivity index (χ1) is 8.54. The van der Waals surface area contributed by atoms with Gasteiger partial charge < -0.3 is 10.1 Å². The second kappa shape index (κ2) is 7.72. The number of halogens is 2. The van der Waals surface area contributed by atoms with Crippen LogP contribution in [0.5, 0.6) is 0 Å². The summed E-state index contributed by atoms with van der Waals surface area (Å²) in [6.07, 6.45) is 0.876. The molecule has 0 saturated carbocycles. The van der Waals surface area contributed by atoms with Gasteiger partial charge in [-0.1, -0.05) is 24.6 Å². The molecule has 0 amide bonds. The molecule has 0 spiro atoms. The fourth-order valence-electron chi connectivity index (χ4n) is 1.81. The Hall–Kier alpha value is -0.640. The highest BCUT2D eigenvalue weighted by molar-refractivity contribution is 6.30. The quantitative estimate of drug-likeness (QED) is 0.770. The fraction of sp³-hybridized carbons (Fsp3) is 0.571. The highest BCUT2D eigenvalue weighted by atomic mass is 35.5. The molecular weight excluding hydrogens is 253 g/mol. The molecule has 0 saturated heterocycles. The molecule has 0 aliphatic heterocycles. The first-order valence-corrected chi connectivity index (χ1v) is 6.58. The number of methoxy groups -OCH3 is 1. The second-order valence-electron chi connectivity index (χ2n) is 4.67. The summed E-state index contributed by atoms with van der Waals surface area (Å²) in [6.45, 7) is 5.86. The zero-order valence-corrected chi connectivity index (χ0v) is 11.9. The van der Waals surface area contributed by atoms with Crippen molar-refractivity contribution in [1.82, 2.24) is 5.32 Å². The lowest BCUT2D eigenvalue weighted by atomic mass is 9.95. The van der Waals surface area contributed by atoms with Gasteiger partial charge in [0.05, 0.1) is 11.6 Å². The summed E-state index contributed by atoms with van der Waals surface area (Å²) in [5.74, 6) is 0.0859. The maximum atomic E-state index is 13.0. The third kappa shape index (κ3) is 4.92. The average molecular weight is 274 g/mol. The van der Waals surface area contributed by atoms with E-state index in [-0.39, 0.29) is 10.8 Å². The molecule has 1 N–H and O–H groups in total. The molecule has 18 heavy (non-hydrogen) atoms. The van der Waals surface area contributed by atoms with E-state index in [2.05, 4.69) is 19.2 Å². The maximum absolute atomic E-state index is 13.0. The molecule has 0 fully saturated rings. The minimum absolute atomic E-state index is 0.194. The number of hydrogen-bond donors (Lipinski definition) is 1. The van der Waals surface area contributed by atoms with Crippen molar-refractivity contribution >= 4 is 11.6 Å². The molecule has 1 aromatic rings. The Labute approximate surface area is 113 Å². The minimum atomic E-state index is -0.362. The largest absolute Gasteiger partial charge is 0.383 e. The molecule has 102 valence electrons. The van der Waals surface area contributed by atoms with Crippen LogP contribution in [-0.4, -0.2) is 26.3 Å². The van der Waals surface area contributed by atoms with E-state index in [0.29, 0.717) is 18.6 Å². The van der Waals surface area contributed by atoms with Crippen LogP contribution in [0.25, 0.3) is 0 Å². The van der Waals surface area contributed by atoms with Crippen molar-refractivity contribution in [3.8, 4) is 0 Å². The lowest BCUT2D eigenvalue weighted by Gasteiger charge is -2.21. The topological polar surface area (TPSA) is 21.3 Å². The number of nitrogens with one attached hydrogen (secondary N) is 1. The lowest BCUT2D eigenvalue weighted by molar-refractivity contribution is 0.192. The number of ether oxygens (including phenoxy) is 1. The van der Waals surface area contributed by atoms with E-state index in [9.17, 15) is 4.39 Å². The summed E-state index contributed by atoms with van der Waals surface area (Å²) in [7, 11) is 1.69. The van der Waals surface area contributed by atoms with Crippen LogP contribution >= 0.6 is 11.6 Å². The fourth-order valence-corrected chi connectivity index (χ4v) is 2.01. The Kier molecular flexibility index (Phi) is 6.61. The van der Waals surface area contributed by atoms with Crippen LogP contribution in [0.2, 0.25) is 5.02 Å². The van der Waals surface area contributed by atoms with Crippen molar-refractivity contribution in [3.63, 3.8) is 0 Å². The average Bonchev–Trinajstić information content (AvgIpc) is 2.34. The standard InChI is InChI=1S/C14H21ClFNO/c1-10(11(2)17-6-7-18-3)8-12-4-5-14(16)13(15)9-12/h4-5,9-11,17H,6-8H2,1-3H3. The van der Waals surface area contributed by atoms with E-state index >= 15 is 0 Å². The summed E-state index contributed by atoms with van der Waals surface area (Å²) in [4.78, 5) is 0. The maximum Gasteiger partial charge on any atom is 0.141 e. The summed E-state index contributed by atoms with van der Waals surface area (Å²) in [5.41, 5.74) is 1.06. The van der Waals surface area contributed by atoms with Crippen LogP contribution in [0.4, 0.5) is 4.39 Å². The van der Waals surface area contributed by atoms with Crippen molar-refractivity contribution in [2.75, 3.05) is 20.3 Å². The van der Waals surface area contributed by atoms with Crippen molar-refractivity contribution in [1.29, 1.82) is 0 Å². The number of benzene rings is 1. The first-order valence-electron chi connectivity index (χ1n) is 6.20. The van der Waals surface area contributed by atoms with Gasteiger partial charge in [-0.05, 0) is 37.0 Å². The Morgan fingerprint density at radius 1 is 1.39 bits per heavy atom. The normalized spacial score (nSPS) is 14.5. The highest BCUT2D eigenvalue weighted by Crippen LogP contribution is 2.19. The molecular formula is C14H21ClFNO. The third-order valence-corrected chi connectivity index (χ3v) is 3.46. The van der Waals surface area contributed by atoms with Crippen LogP contribution in [0, 0.1) is 11.7 Å². The van der Waals surface area contributed by atoms with Gasteiger partial charge in [0.2, 0.25) is 0 Å². The van der Waals surface area contributed by atoms with E-state index in [4.69, 9.17) is 16.3 Å². The second-order valence-corrected chi connectivity index (χ2v) is 5.07. The van der Waals surface area contributed by atoms with Gasteiger partial charge in [0.25, 0.3) is 0 Å². The van der Waals surface area contributed by atoms with Gasteiger partial charge >= 0.3 is 0 Å². The highest BCUT2D eigenvalue weighted by Gasteiger charge is 2.13. The van der Waals surface area contributed by atoms with Gasteiger partial charge in [-0.3, -0.25) is 0 Å². The van der Waals surface area contributed by atoms with Crippen molar-refractivity contribution < 1.29 is 9.13 Å². The van der Waals surface area contributed by atoms with E-state index < -0.39 is 0 Å². The van der Waals surface area contributed by atoms with Gasteiger partial charge in [0.15, 0.2) is 0 Å². The van der Waals surface area contributed by atoms with E-state index in [1.807, 2.05) is 0 Å². The predicted molar refractivity (Wildman–Crippen MR) is 73.6 cm³/mol. The van der Waals surface area contributed by atoms with E-state index in [1.54, 1.807) is 19.2 Å². The zero-order chi connectivity index (χ0) is 13.5. The number of hydrogen-bond acceptors (Lipinski definition) is 2.